The van der Waals surface area contributed by atoms with Crippen LogP contribution in [0.25, 0.3) is 0 Å². The summed E-state index contributed by atoms with van der Waals surface area (Å²) in [4.78, 5) is 0. The summed E-state index contributed by atoms with van der Waals surface area (Å²) in [5.41, 5.74) is 0.938. The molecule has 0 bridgehead atoms. The Morgan fingerprint density at radius 2 is 0.958 bits per heavy atom. The average Bonchev–Trinajstić information content (AvgIpc) is 2.56. The van der Waals surface area contributed by atoms with E-state index in [-0.39, 0.29) is 5.41 Å². The van der Waals surface area contributed by atoms with Crippen molar-refractivity contribution in [1.29, 1.82) is 0 Å². The lowest BCUT2D eigenvalue weighted by atomic mass is 9.85. The van der Waals surface area contributed by atoms with Gasteiger partial charge in [0.1, 0.15) is 23.0 Å². The van der Waals surface area contributed by atoms with E-state index in [1.165, 1.54) is 0 Å². The molecule has 0 N–H and O–H groups in total. The molecule has 0 saturated carbocycles. The van der Waals surface area contributed by atoms with Crippen LogP contribution in [0, 0.1) is 0 Å². The number of ether oxygens (including phenoxy) is 2. The molecule has 0 aliphatic heterocycles. The molecule has 0 aliphatic carbocycles. The Bertz CT molecular complexity index is 727. The number of para-hydroxylation sites is 2. The number of hydrogen-bond acceptors (Lipinski definition) is 2. The SMILES string of the molecule is CC(C)(C)c1c(Oc2ccccc2)cccc1Oc1ccccc1. The van der Waals surface area contributed by atoms with Crippen LogP contribution in [0.2, 0.25) is 0 Å². The molecular formula is C22H22O2. The monoisotopic (exact) mass is 318 g/mol. The maximum atomic E-state index is 6.13. The normalized spacial score (nSPS) is 11.1. The zero-order chi connectivity index (χ0) is 17.0. The van der Waals surface area contributed by atoms with Crippen molar-refractivity contribution in [2.45, 2.75) is 26.2 Å². The minimum atomic E-state index is -0.116. The van der Waals surface area contributed by atoms with Gasteiger partial charge < -0.3 is 9.47 Å². The molecule has 0 saturated heterocycles. The summed E-state index contributed by atoms with van der Waals surface area (Å²) in [7, 11) is 0. The minimum absolute atomic E-state index is 0.116. The number of rotatable bonds is 4. The lowest BCUT2D eigenvalue weighted by molar-refractivity contribution is 0.421. The van der Waals surface area contributed by atoms with E-state index in [4.69, 9.17) is 9.47 Å². The van der Waals surface area contributed by atoms with Gasteiger partial charge in [0.05, 0.1) is 0 Å². The molecule has 24 heavy (non-hydrogen) atoms. The zero-order valence-electron chi connectivity index (χ0n) is 14.3. The molecule has 2 nitrogen and oxygen atoms in total. The minimum Gasteiger partial charge on any atom is -0.457 e. The van der Waals surface area contributed by atoms with Gasteiger partial charge in [0.2, 0.25) is 0 Å². The van der Waals surface area contributed by atoms with Crippen LogP contribution >= 0.6 is 0 Å². The summed E-state index contributed by atoms with van der Waals surface area (Å²) in [5, 5.41) is 0. The second kappa shape index (κ2) is 6.79. The highest BCUT2D eigenvalue weighted by Gasteiger charge is 2.24. The predicted molar refractivity (Wildman–Crippen MR) is 98.2 cm³/mol. The van der Waals surface area contributed by atoms with Gasteiger partial charge >= 0.3 is 0 Å². The smallest absolute Gasteiger partial charge is 0.134 e. The van der Waals surface area contributed by atoms with Crippen LogP contribution in [0.3, 0.4) is 0 Å². The first kappa shape index (κ1) is 16.1. The Kier molecular flexibility index (Phi) is 4.57. The second-order valence-corrected chi connectivity index (χ2v) is 6.71. The van der Waals surface area contributed by atoms with E-state index in [1.54, 1.807) is 0 Å². The molecule has 0 amide bonds. The fourth-order valence-electron chi connectivity index (χ4n) is 2.65. The van der Waals surface area contributed by atoms with E-state index in [2.05, 4.69) is 20.8 Å². The van der Waals surface area contributed by atoms with Gasteiger partial charge in [-0.1, -0.05) is 63.2 Å². The molecule has 122 valence electrons. The van der Waals surface area contributed by atoms with Crippen LogP contribution < -0.4 is 9.47 Å². The fraction of sp³-hybridized carbons (Fsp3) is 0.182. The van der Waals surface area contributed by atoms with Gasteiger partial charge in [0, 0.05) is 5.56 Å². The summed E-state index contributed by atoms with van der Waals surface area (Å²) in [6, 6.07) is 25.6. The molecule has 0 heterocycles. The molecule has 0 spiro atoms. The number of benzene rings is 3. The van der Waals surface area contributed by atoms with Gasteiger partial charge in [-0.15, -0.1) is 0 Å². The van der Waals surface area contributed by atoms with Gasteiger partial charge in [-0.2, -0.15) is 0 Å². The highest BCUT2D eigenvalue weighted by atomic mass is 16.5. The molecule has 3 aromatic rings. The Morgan fingerprint density at radius 3 is 1.33 bits per heavy atom. The highest BCUT2D eigenvalue weighted by molar-refractivity contribution is 5.51. The first-order valence-electron chi connectivity index (χ1n) is 8.13. The van der Waals surface area contributed by atoms with Crippen LogP contribution in [0.4, 0.5) is 0 Å². The standard InChI is InChI=1S/C22H22O2/c1-22(2,3)21-19(23-17-11-6-4-7-12-17)15-10-16-20(21)24-18-13-8-5-9-14-18/h4-16H,1-3H3. The molecule has 2 heteroatoms. The Balaban J connectivity index is 2.01. The third-order valence-electron chi connectivity index (χ3n) is 3.68. The maximum absolute atomic E-state index is 6.13. The maximum Gasteiger partial charge on any atom is 0.134 e. The molecule has 0 unspecified atom stereocenters. The topological polar surface area (TPSA) is 18.5 Å². The third kappa shape index (κ3) is 3.77. The van der Waals surface area contributed by atoms with E-state index in [9.17, 15) is 0 Å². The molecule has 0 fully saturated rings. The third-order valence-corrected chi connectivity index (χ3v) is 3.68. The lowest BCUT2D eigenvalue weighted by Gasteiger charge is -2.25. The van der Waals surface area contributed by atoms with Crippen molar-refractivity contribution in [3.8, 4) is 23.0 Å². The van der Waals surface area contributed by atoms with E-state index >= 15 is 0 Å². The zero-order valence-corrected chi connectivity index (χ0v) is 14.3. The molecule has 3 rings (SSSR count). The van der Waals surface area contributed by atoms with Gasteiger partial charge in [0.25, 0.3) is 0 Å². The quantitative estimate of drug-likeness (QED) is 0.541. The van der Waals surface area contributed by atoms with Crippen LogP contribution in [0.1, 0.15) is 26.3 Å². The fourth-order valence-corrected chi connectivity index (χ4v) is 2.65. The first-order valence-corrected chi connectivity index (χ1v) is 8.13. The van der Waals surface area contributed by atoms with Crippen molar-refractivity contribution in [3.63, 3.8) is 0 Å². The highest BCUT2D eigenvalue weighted by Crippen LogP contribution is 2.42. The van der Waals surface area contributed by atoms with Crippen molar-refractivity contribution in [1.82, 2.24) is 0 Å². The largest absolute Gasteiger partial charge is 0.457 e. The summed E-state index contributed by atoms with van der Waals surface area (Å²) >= 11 is 0. The van der Waals surface area contributed by atoms with Crippen molar-refractivity contribution >= 4 is 0 Å². The average molecular weight is 318 g/mol. The van der Waals surface area contributed by atoms with Gasteiger partial charge in [-0.05, 0) is 41.8 Å². The number of hydrogen-bond donors (Lipinski definition) is 0. The predicted octanol–water partition coefficient (Wildman–Crippen LogP) is 6.57. The van der Waals surface area contributed by atoms with E-state index in [0.29, 0.717) is 0 Å². The van der Waals surface area contributed by atoms with Gasteiger partial charge in [-0.25, -0.2) is 0 Å². The molecule has 0 aromatic heterocycles. The summed E-state index contributed by atoms with van der Waals surface area (Å²) in [6.07, 6.45) is 0. The van der Waals surface area contributed by atoms with Crippen molar-refractivity contribution in [2.24, 2.45) is 0 Å². The van der Waals surface area contributed by atoms with Crippen LogP contribution in [0.15, 0.2) is 78.9 Å². The van der Waals surface area contributed by atoms with Crippen LogP contribution in [-0.2, 0) is 5.41 Å². The molecule has 0 radical (unpaired) electrons. The molecule has 0 atom stereocenters. The first-order chi connectivity index (χ1) is 11.5. The van der Waals surface area contributed by atoms with Crippen molar-refractivity contribution < 1.29 is 9.47 Å². The summed E-state index contributed by atoms with van der Waals surface area (Å²) in [6.45, 7) is 6.49. The summed E-state index contributed by atoms with van der Waals surface area (Å²) < 4.78 is 12.3. The molecular weight excluding hydrogens is 296 g/mol. The van der Waals surface area contributed by atoms with Gasteiger partial charge in [-0.3, -0.25) is 0 Å². The van der Waals surface area contributed by atoms with Crippen molar-refractivity contribution in [3.05, 3.63) is 84.4 Å². The van der Waals surface area contributed by atoms with Gasteiger partial charge in [0.15, 0.2) is 0 Å². The van der Waals surface area contributed by atoms with E-state index in [1.807, 2.05) is 78.9 Å². The van der Waals surface area contributed by atoms with Crippen LogP contribution in [-0.4, -0.2) is 0 Å². The Hall–Kier alpha value is -2.74. The van der Waals surface area contributed by atoms with Crippen LogP contribution in [0.5, 0.6) is 23.0 Å². The molecule has 3 aromatic carbocycles. The molecule has 0 aliphatic rings. The Morgan fingerprint density at radius 1 is 0.542 bits per heavy atom. The summed E-state index contributed by atoms with van der Waals surface area (Å²) in [5.74, 6) is 3.28. The van der Waals surface area contributed by atoms with E-state index < -0.39 is 0 Å². The van der Waals surface area contributed by atoms with Crippen molar-refractivity contribution in [2.75, 3.05) is 0 Å². The second-order valence-electron chi connectivity index (χ2n) is 6.71. The lowest BCUT2D eigenvalue weighted by Crippen LogP contribution is -2.14. The Labute approximate surface area is 143 Å². The van der Waals surface area contributed by atoms with E-state index in [0.717, 1.165) is 28.6 Å².